The smallest absolute Gasteiger partial charge is 0.153 e. The first-order valence-corrected chi connectivity index (χ1v) is 8.45. The predicted molar refractivity (Wildman–Crippen MR) is 90.1 cm³/mol. The first-order chi connectivity index (χ1) is 10.1. The lowest BCUT2D eigenvalue weighted by Crippen LogP contribution is -2.10. The summed E-state index contributed by atoms with van der Waals surface area (Å²) in [6.07, 6.45) is 0. The zero-order valence-corrected chi connectivity index (χ0v) is 14.5. The summed E-state index contributed by atoms with van der Waals surface area (Å²) in [4.78, 5) is 10.3. The summed E-state index contributed by atoms with van der Waals surface area (Å²) < 4.78 is 2.98. The summed E-state index contributed by atoms with van der Waals surface area (Å²) in [6.45, 7) is 7.51. The van der Waals surface area contributed by atoms with Gasteiger partial charge in [-0.2, -0.15) is 5.10 Å². The summed E-state index contributed by atoms with van der Waals surface area (Å²) in [5.41, 5.74) is 2.07. The Kier molecular flexibility index (Phi) is 3.95. The molecular weight excluding hydrogens is 350 g/mol. The summed E-state index contributed by atoms with van der Waals surface area (Å²) in [5, 5.41) is 11.0. The molecule has 3 aromatic rings. The van der Waals surface area contributed by atoms with Gasteiger partial charge in [-0.15, -0.1) is 11.3 Å². The van der Waals surface area contributed by atoms with Gasteiger partial charge in [0.1, 0.15) is 17.2 Å². The number of thiophene rings is 1. The van der Waals surface area contributed by atoms with Crippen LogP contribution in [0.5, 0.6) is 0 Å². The number of anilines is 1. The molecule has 1 N–H and O–H groups in total. The molecule has 0 saturated heterocycles. The lowest BCUT2D eigenvalue weighted by Gasteiger charge is -2.08. The van der Waals surface area contributed by atoms with Crippen LogP contribution in [0.15, 0.2) is 15.9 Å². The highest BCUT2D eigenvalue weighted by Crippen LogP contribution is 2.26. The van der Waals surface area contributed by atoms with E-state index in [2.05, 4.69) is 49.3 Å². The molecule has 0 spiro atoms. The zero-order valence-electron chi connectivity index (χ0n) is 12.1. The number of rotatable bonds is 4. The summed E-state index contributed by atoms with van der Waals surface area (Å²) >= 11 is 5.19. The average Bonchev–Trinajstić information content (AvgIpc) is 3.01. The SMILES string of the molecule is CCNc1nc(Cn2nc(C)c(Br)c2C)nc2sccc12. The van der Waals surface area contributed by atoms with Crippen molar-refractivity contribution in [3.63, 3.8) is 0 Å². The number of aryl methyl sites for hydroxylation is 1. The molecule has 0 fully saturated rings. The Balaban J connectivity index is 2.01. The van der Waals surface area contributed by atoms with Crippen molar-refractivity contribution >= 4 is 43.3 Å². The quantitative estimate of drug-likeness (QED) is 0.764. The zero-order chi connectivity index (χ0) is 15.0. The third-order valence-corrected chi connectivity index (χ3v) is 5.25. The van der Waals surface area contributed by atoms with E-state index in [1.54, 1.807) is 11.3 Å². The van der Waals surface area contributed by atoms with Crippen LogP contribution in [-0.4, -0.2) is 26.3 Å². The maximum absolute atomic E-state index is 4.65. The van der Waals surface area contributed by atoms with E-state index >= 15 is 0 Å². The number of aromatic nitrogens is 4. The van der Waals surface area contributed by atoms with E-state index in [0.29, 0.717) is 6.54 Å². The molecule has 0 amide bonds. The van der Waals surface area contributed by atoms with Crippen molar-refractivity contribution in [2.45, 2.75) is 27.3 Å². The minimum Gasteiger partial charge on any atom is -0.370 e. The molecule has 0 aliphatic heterocycles. The molecule has 3 aromatic heterocycles. The molecule has 0 aromatic carbocycles. The molecule has 21 heavy (non-hydrogen) atoms. The van der Waals surface area contributed by atoms with Gasteiger partial charge in [0.25, 0.3) is 0 Å². The van der Waals surface area contributed by atoms with Crippen LogP contribution in [0.2, 0.25) is 0 Å². The maximum Gasteiger partial charge on any atom is 0.153 e. The number of nitrogens with zero attached hydrogens (tertiary/aromatic N) is 4. The lowest BCUT2D eigenvalue weighted by molar-refractivity contribution is 0.634. The molecule has 0 saturated carbocycles. The van der Waals surface area contributed by atoms with Crippen molar-refractivity contribution in [1.29, 1.82) is 0 Å². The van der Waals surface area contributed by atoms with E-state index < -0.39 is 0 Å². The highest BCUT2D eigenvalue weighted by Gasteiger charge is 2.13. The van der Waals surface area contributed by atoms with E-state index in [4.69, 9.17) is 0 Å². The minimum atomic E-state index is 0.574. The second-order valence-corrected chi connectivity index (χ2v) is 6.49. The van der Waals surface area contributed by atoms with Gasteiger partial charge in [0.05, 0.1) is 21.2 Å². The van der Waals surface area contributed by atoms with Gasteiger partial charge in [-0.1, -0.05) is 0 Å². The van der Waals surface area contributed by atoms with Crippen molar-refractivity contribution in [3.8, 4) is 0 Å². The molecule has 0 aliphatic rings. The topological polar surface area (TPSA) is 55.6 Å². The van der Waals surface area contributed by atoms with Crippen LogP contribution in [0.4, 0.5) is 5.82 Å². The maximum atomic E-state index is 4.65. The van der Waals surface area contributed by atoms with Crippen molar-refractivity contribution in [3.05, 3.63) is 33.1 Å². The number of nitrogens with one attached hydrogen (secondary N) is 1. The van der Waals surface area contributed by atoms with Crippen LogP contribution in [0.25, 0.3) is 10.2 Å². The fourth-order valence-electron chi connectivity index (χ4n) is 2.24. The van der Waals surface area contributed by atoms with Crippen LogP contribution in [0, 0.1) is 13.8 Å². The van der Waals surface area contributed by atoms with E-state index in [1.807, 2.05) is 23.9 Å². The molecule has 0 atom stereocenters. The van der Waals surface area contributed by atoms with Crippen molar-refractivity contribution in [2.75, 3.05) is 11.9 Å². The van der Waals surface area contributed by atoms with Crippen LogP contribution < -0.4 is 5.32 Å². The number of hydrogen-bond acceptors (Lipinski definition) is 5. The number of halogens is 1. The van der Waals surface area contributed by atoms with Gasteiger partial charge in [0.2, 0.25) is 0 Å². The second-order valence-electron chi connectivity index (χ2n) is 4.80. The molecule has 7 heteroatoms. The number of fused-ring (bicyclic) bond motifs is 1. The Morgan fingerprint density at radius 3 is 2.81 bits per heavy atom. The first kappa shape index (κ1) is 14.5. The molecule has 110 valence electrons. The third kappa shape index (κ3) is 2.67. The highest BCUT2D eigenvalue weighted by atomic mass is 79.9. The van der Waals surface area contributed by atoms with Crippen molar-refractivity contribution in [2.24, 2.45) is 0 Å². The molecule has 0 bridgehead atoms. The van der Waals surface area contributed by atoms with Crippen molar-refractivity contribution < 1.29 is 0 Å². The molecular formula is C14H16BrN5S. The Hall–Kier alpha value is -1.47. The van der Waals surface area contributed by atoms with Gasteiger partial charge in [0.15, 0.2) is 5.82 Å². The van der Waals surface area contributed by atoms with E-state index in [-0.39, 0.29) is 0 Å². The molecule has 0 radical (unpaired) electrons. The summed E-state index contributed by atoms with van der Waals surface area (Å²) in [6, 6.07) is 2.06. The molecule has 0 unspecified atom stereocenters. The van der Waals surface area contributed by atoms with Gasteiger partial charge in [-0.05, 0) is 48.1 Å². The van der Waals surface area contributed by atoms with Crippen LogP contribution in [0.3, 0.4) is 0 Å². The lowest BCUT2D eigenvalue weighted by atomic mass is 10.3. The van der Waals surface area contributed by atoms with Gasteiger partial charge in [-0.3, -0.25) is 4.68 Å². The van der Waals surface area contributed by atoms with Crippen LogP contribution in [-0.2, 0) is 6.54 Å². The standard InChI is InChI=1S/C14H16BrN5S/c1-4-16-13-10-5-6-21-14(10)18-11(17-13)7-20-9(3)12(15)8(2)19-20/h5-6H,4,7H2,1-3H3,(H,16,17,18). The van der Waals surface area contributed by atoms with Crippen LogP contribution >= 0.6 is 27.3 Å². The predicted octanol–water partition coefficient (Wildman–Crippen LogP) is 3.75. The molecule has 3 heterocycles. The van der Waals surface area contributed by atoms with Crippen LogP contribution in [0.1, 0.15) is 24.1 Å². The second kappa shape index (κ2) is 5.73. The molecule has 5 nitrogen and oxygen atoms in total. The largest absolute Gasteiger partial charge is 0.370 e. The normalized spacial score (nSPS) is 11.2. The van der Waals surface area contributed by atoms with Gasteiger partial charge in [0, 0.05) is 6.54 Å². The van der Waals surface area contributed by atoms with Gasteiger partial charge in [-0.25, -0.2) is 9.97 Å². The molecule has 3 rings (SSSR count). The number of hydrogen-bond donors (Lipinski definition) is 1. The van der Waals surface area contributed by atoms with Crippen molar-refractivity contribution in [1.82, 2.24) is 19.7 Å². The monoisotopic (exact) mass is 365 g/mol. The average molecular weight is 366 g/mol. The Morgan fingerprint density at radius 1 is 1.33 bits per heavy atom. The Bertz CT molecular complexity index is 792. The fourth-order valence-corrected chi connectivity index (χ4v) is 3.30. The van der Waals surface area contributed by atoms with E-state index in [0.717, 1.165) is 44.3 Å². The van der Waals surface area contributed by atoms with Gasteiger partial charge >= 0.3 is 0 Å². The van der Waals surface area contributed by atoms with E-state index in [1.165, 1.54) is 0 Å². The summed E-state index contributed by atoms with van der Waals surface area (Å²) in [7, 11) is 0. The first-order valence-electron chi connectivity index (χ1n) is 6.77. The highest BCUT2D eigenvalue weighted by molar-refractivity contribution is 9.10. The van der Waals surface area contributed by atoms with E-state index in [9.17, 15) is 0 Å². The fraction of sp³-hybridized carbons (Fsp3) is 0.357. The van der Waals surface area contributed by atoms with Gasteiger partial charge < -0.3 is 5.32 Å². The molecule has 0 aliphatic carbocycles. The summed E-state index contributed by atoms with van der Waals surface area (Å²) in [5.74, 6) is 1.68. The minimum absolute atomic E-state index is 0.574. The third-order valence-electron chi connectivity index (χ3n) is 3.30. The Morgan fingerprint density at radius 2 is 2.14 bits per heavy atom. The Labute approximate surface area is 135 Å².